The second-order valence-corrected chi connectivity index (χ2v) is 7.22. The molecule has 8 nitrogen and oxygen atoms in total. The Morgan fingerprint density at radius 2 is 1.23 bits per heavy atom. The molecule has 154 valence electrons. The van der Waals surface area contributed by atoms with E-state index in [0.29, 0.717) is 47.9 Å². The van der Waals surface area contributed by atoms with E-state index in [1.165, 1.54) is 0 Å². The highest BCUT2D eigenvalue weighted by molar-refractivity contribution is 6.29. The number of hydrogen-bond acceptors (Lipinski definition) is 6. The lowest BCUT2D eigenvalue weighted by Gasteiger charge is -2.23. The maximum absolute atomic E-state index is 9.08. The van der Waals surface area contributed by atoms with Crippen molar-refractivity contribution in [1.82, 2.24) is 19.8 Å². The maximum Gasteiger partial charge on any atom is 0.207 e. The Morgan fingerprint density at radius 1 is 0.833 bits per heavy atom. The lowest BCUT2D eigenvalue weighted by atomic mass is 10.2. The molecule has 0 aliphatic rings. The lowest BCUT2D eigenvalue weighted by molar-refractivity contribution is 0.475. The molecule has 0 saturated heterocycles. The lowest BCUT2D eigenvalue weighted by Crippen LogP contribution is -2.30. The molecule has 0 fully saturated rings. The van der Waals surface area contributed by atoms with Crippen molar-refractivity contribution in [3.05, 3.63) is 58.1 Å². The average Bonchev–Trinajstić information content (AvgIpc) is 2.73. The number of nitriles is 2. The van der Waals surface area contributed by atoms with E-state index in [0.717, 1.165) is 11.1 Å². The van der Waals surface area contributed by atoms with E-state index in [2.05, 4.69) is 20.0 Å². The highest BCUT2D eigenvalue weighted by atomic mass is 35.5. The molecule has 2 heterocycles. The fourth-order valence-corrected chi connectivity index (χ4v) is 2.96. The number of halogens is 2. The van der Waals surface area contributed by atoms with Crippen LogP contribution in [0.15, 0.2) is 46.6 Å². The Balaban J connectivity index is 2.04. The van der Waals surface area contributed by atoms with Gasteiger partial charge in [0.15, 0.2) is 0 Å². The van der Waals surface area contributed by atoms with Crippen molar-refractivity contribution < 1.29 is 0 Å². The molecule has 0 bridgehead atoms. The van der Waals surface area contributed by atoms with Gasteiger partial charge in [0.25, 0.3) is 0 Å². The van der Waals surface area contributed by atoms with Crippen molar-refractivity contribution in [2.45, 2.75) is 25.9 Å². The Morgan fingerprint density at radius 3 is 1.53 bits per heavy atom. The molecule has 30 heavy (non-hydrogen) atoms. The van der Waals surface area contributed by atoms with Crippen LogP contribution in [0.3, 0.4) is 0 Å². The van der Waals surface area contributed by atoms with E-state index in [1.807, 2.05) is 48.4 Å². The third kappa shape index (κ3) is 7.32. The molecular formula is C20H20Cl2N8. The quantitative estimate of drug-likeness (QED) is 0.278. The summed E-state index contributed by atoms with van der Waals surface area (Å²) in [6, 6.07) is 7.16. The van der Waals surface area contributed by atoms with Gasteiger partial charge in [-0.25, -0.2) is 9.97 Å². The van der Waals surface area contributed by atoms with Gasteiger partial charge in [-0.2, -0.15) is 20.5 Å². The summed E-state index contributed by atoms with van der Waals surface area (Å²) in [4.78, 5) is 19.7. The number of aliphatic imine (C=N–C) groups is 2. The zero-order valence-electron chi connectivity index (χ0n) is 16.6. The maximum atomic E-state index is 9.08. The number of aromatic nitrogens is 2. The van der Waals surface area contributed by atoms with E-state index in [1.54, 1.807) is 24.5 Å². The van der Waals surface area contributed by atoms with Gasteiger partial charge in [-0.3, -0.25) is 0 Å². The Hall–Kier alpha value is -3.20. The molecule has 0 amide bonds. The van der Waals surface area contributed by atoms with Crippen LogP contribution in [0.5, 0.6) is 0 Å². The molecule has 0 atom stereocenters. The first kappa shape index (κ1) is 23.1. The Bertz CT molecular complexity index is 890. The summed E-state index contributed by atoms with van der Waals surface area (Å²) < 4.78 is 0. The summed E-state index contributed by atoms with van der Waals surface area (Å²) >= 11 is 11.6. The predicted octanol–water partition coefficient (Wildman–Crippen LogP) is 3.89. The highest BCUT2D eigenvalue weighted by Gasteiger charge is 2.13. The van der Waals surface area contributed by atoms with Gasteiger partial charge in [0.2, 0.25) is 12.4 Å². The van der Waals surface area contributed by atoms with Crippen molar-refractivity contribution in [3.63, 3.8) is 0 Å². The Labute approximate surface area is 185 Å². The average molecular weight is 443 g/mol. The van der Waals surface area contributed by atoms with Crippen LogP contribution >= 0.6 is 23.2 Å². The largest absolute Gasteiger partial charge is 0.358 e. The zero-order valence-corrected chi connectivity index (χ0v) is 18.1. The number of hydrogen-bond donors (Lipinski definition) is 0. The van der Waals surface area contributed by atoms with Gasteiger partial charge < -0.3 is 9.80 Å². The van der Waals surface area contributed by atoms with Crippen LogP contribution < -0.4 is 0 Å². The zero-order chi connectivity index (χ0) is 21.9. The summed E-state index contributed by atoms with van der Waals surface area (Å²) in [7, 11) is 3.68. The second kappa shape index (κ2) is 11.7. The Kier molecular flexibility index (Phi) is 9.02. The molecule has 2 aromatic rings. The second-order valence-electron chi connectivity index (χ2n) is 6.45. The minimum atomic E-state index is 0.420. The van der Waals surface area contributed by atoms with E-state index in [-0.39, 0.29) is 0 Å². The topological polar surface area (TPSA) is 105 Å². The highest BCUT2D eigenvalue weighted by Crippen LogP contribution is 2.12. The van der Waals surface area contributed by atoms with Gasteiger partial charge in [0, 0.05) is 52.4 Å². The van der Waals surface area contributed by atoms with Crippen LogP contribution in [-0.4, -0.2) is 45.5 Å². The smallest absolute Gasteiger partial charge is 0.207 e. The molecule has 0 aliphatic carbocycles. The van der Waals surface area contributed by atoms with E-state index in [4.69, 9.17) is 33.7 Å². The number of rotatable bonds is 7. The van der Waals surface area contributed by atoms with Crippen LogP contribution in [-0.2, 0) is 13.1 Å². The first-order chi connectivity index (χ1) is 14.4. The number of nitrogens with zero attached hydrogens (tertiary/aromatic N) is 8. The van der Waals surface area contributed by atoms with E-state index in [9.17, 15) is 0 Å². The van der Waals surface area contributed by atoms with Crippen molar-refractivity contribution in [2.75, 3.05) is 14.1 Å². The number of amidine groups is 2. The van der Waals surface area contributed by atoms with E-state index >= 15 is 0 Å². The van der Waals surface area contributed by atoms with Crippen molar-refractivity contribution in [3.8, 4) is 12.4 Å². The molecule has 0 unspecified atom stereocenters. The molecule has 10 heteroatoms. The van der Waals surface area contributed by atoms with Crippen molar-refractivity contribution in [2.24, 2.45) is 9.98 Å². The fraction of sp³-hybridized carbons (Fsp3) is 0.300. The molecule has 2 aromatic heterocycles. The molecule has 0 saturated carbocycles. The predicted molar refractivity (Wildman–Crippen MR) is 117 cm³/mol. The summed E-state index contributed by atoms with van der Waals surface area (Å²) in [5, 5.41) is 19.0. The van der Waals surface area contributed by atoms with Gasteiger partial charge >= 0.3 is 0 Å². The normalized spacial score (nSPS) is 11.5. The first-order valence-corrected chi connectivity index (χ1v) is 9.73. The molecule has 0 spiro atoms. The standard InChI is InChI=1S/C20H20Cl2N8/c1-29(11-15-3-5-17(21)25-9-15)19(27-13-23)7-8-20(28-14-24)30(2)12-16-4-6-18(22)26-10-16/h3-6,9-10H,7-8,11-12H2,1-2H3/b27-19+,28-20+. The van der Waals surface area contributed by atoms with Gasteiger partial charge in [-0.1, -0.05) is 35.3 Å². The monoisotopic (exact) mass is 442 g/mol. The number of pyridine rings is 2. The van der Waals surface area contributed by atoms with E-state index < -0.39 is 0 Å². The summed E-state index contributed by atoms with van der Waals surface area (Å²) in [6.45, 7) is 1.03. The third-order valence-electron chi connectivity index (χ3n) is 4.23. The van der Waals surface area contributed by atoms with Gasteiger partial charge in [0.1, 0.15) is 22.0 Å². The fourth-order valence-electron chi connectivity index (χ4n) is 2.73. The molecule has 0 aliphatic heterocycles. The first-order valence-electron chi connectivity index (χ1n) is 8.97. The molecule has 2 rings (SSSR count). The van der Waals surface area contributed by atoms with Crippen LogP contribution in [0.25, 0.3) is 0 Å². The van der Waals surface area contributed by atoms with Gasteiger partial charge in [0.05, 0.1) is 0 Å². The minimum Gasteiger partial charge on any atom is -0.358 e. The molecule has 0 N–H and O–H groups in total. The SMILES string of the molecule is CN(Cc1ccc(Cl)nc1)/C(CC/C(=N\C#N)N(C)Cc1ccc(Cl)nc1)=N/C#N. The van der Waals surface area contributed by atoms with Crippen LogP contribution in [0.4, 0.5) is 0 Å². The summed E-state index contributed by atoms with van der Waals surface area (Å²) in [6.07, 6.45) is 7.93. The minimum absolute atomic E-state index is 0.420. The van der Waals surface area contributed by atoms with Gasteiger partial charge in [-0.05, 0) is 23.3 Å². The molecule has 0 radical (unpaired) electrons. The third-order valence-corrected chi connectivity index (χ3v) is 4.68. The summed E-state index contributed by atoms with van der Waals surface area (Å²) in [5.41, 5.74) is 1.87. The summed E-state index contributed by atoms with van der Waals surface area (Å²) in [5.74, 6) is 1.17. The molecule has 0 aromatic carbocycles. The van der Waals surface area contributed by atoms with Crippen LogP contribution in [0, 0.1) is 22.9 Å². The molecular weight excluding hydrogens is 423 g/mol. The van der Waals surface area contributed by atoms with Crippen LogP contribution in [0.1, 0.15) is 24.0 Å². The van der Waals surface area contributed by atoms with Crippen molar-refractivity contribution >= 4 is 34.9 Å². The van der Waals surface area contributed by atoms with Crippen LogP contribution in [0.2, 0.25) is 10.3 Å². The van der Waals surface area contributed by atoms with Crippen molar-refractivity contribution in [1.29, 1.82) is 10.5 Å². The van der Waals surface area contributed by atoms with Gasteiger partial charge in [-0.15, -0.1) is 0 Å².